The molecule has 0 amide bonds. The zero-order valence-corrected chi connectivity index (χ0v) is 11.4. The summed E-state index contributed by atoms with van der Waals surface area (Å²) in [5.41, 5.74) is -0.507. The fourth-order valence-electron chi connectivity index (χ4n) is 2.09. The van der Waals surface area contributed by atoms with Crippen molar-refractivity contribution in [1.29, 1.82) is 0 Å². The minimum atomic E-state index is -4.49. The van der Waals surface area contributed by atoms with Crippen LogP contribution in [-0.4, -0.2) is 10.1 Å². The number of nitrogens with zero attached hydrogens (tertiary/aromatic N) is 2. The van der Waals surface area contributed by atoms with Crippen LogP contribution in [0.3, 0.4) is 0 Å². The lowest BCUT2D eigenvalue weighted by Crippen LogP contribution is -2.03. The Balaban J connectivity index is 2.01. The first-order valence-corrected chi connectivity index (χ1v) is 6.44. The molecule has 4 nitrogen and oxygen atoms in total. The molecule has 0 bridgehead atoms. The van der Waals surface area contributed by atoms with Crippen LogP contribution in [0.5, 0.6) is 5.88 Å². The SMILES string of the molecule is Oc1[nH]c2ccc(F)cc2c1N=Nc1cccc(C(F)(F)F)c1. The summed E-state index contributed by atoms with van der Waals surface area (Å²) in [6.07, 6.45) is -4.49. The molecule has 0 atom stereocenters. The summed E-state index contributed by atoms with van der Waals surface area (Å²) >= 11 is 0. The molecule has 0 aliphatic carbocycles. The average molecular weight is 323 g/mol. The Labute approximate surface area is 127 Å². The number of azo groups is 1. The highest BCUT2D eigenvalue weighted by Crippen LogP contribution is 2.37. The van der Waals surface area contributed by atoms with Gasteiger partial charge in [-0.3, -0.25) is 0 Å². The van der Waals surface area contributed by atoms with Gasteiger partial charge in [0, 0.05) is 5.39 Å². The van der Waals surface area contributed by atoms with Gasteiger partial charge in [-0.05, 0) is 36.4 Å². The van der Waals surface area contributed by atoms with E-state index in [-0.39, 0.29) is 22.6 Å². The van der Waals surface area contributed by atoms with Crippen molar-refractivity contribution in [2.75, 3.05) is 0 Å². The van der Waals surface area contributed by atoms with Crippen molar-refractivity contribution in [1.82, 2.24) is 4.98 Å². The number of rotatable bonds is 2. The lowest BCUT2D eigenvalue weighted by molar-refractivity contribution is -0.137. The van der Waals surface area contributed by atoms with E-state index < -0.39 is 17.6 Å². The van der Waals surface area contributed by atoms with E-state index in [1.54, 1.807) is 0 Å². The molecule has 3 rings (SSSR count). The van der Waals surface area contributed by atoms with E-state index in [0.717, 1.165) is 18.2 Å². The topological polar surface area (TPSA) is 60.7 Å². The molecule has 0 unspecified atom stereocenters. The summed E-state index contributed by atoms with van der Waals surface area (Å²) < 4.78 is 51.2. The number of aromatic nitrogens is 1. The van der Waals surface area contributed by atoms with Crippen LogP contribution in [0.1, 0.15) is 5.56 Å². The first-order valence-electron chi connectivity index (χ1n) is 6.44. The number of hydrogen-bond donors (Lipinski definition) is 2. The van der Waals surface area contributed by atoms with E-state index in [4.69, 9.17) is 0 Å². The second kappa shape index (κ2) is 5.38. The number of aromatic hydroxyl groups is 1. The molecule has 1 heterocycles. The monoisotopic (exact) mass is 323 g/mol. The van der Waals surface area contributed by atoms with Crippen molar-refractivity contribution in [3.8, 4) is 5.88 Å². The number of halogens is 4. The molecule has 118 valence electrons. The average Bonchev–Trinajstić information content (AvgIpc) is 2.79. The van der Waals surface area contributed by atoms with Crippen molar-refractivity contribution in [3.05, 3.63) is 53.8 Å². The standard InChI is InChI=1S/C15H9F4N3O/c16-9-4-5-12-11(7-9)13(14(23)20-12)22-21-10-3-1-2-8(6-10)15(17,18)19/h1-7,20,23H. The predicted molar refractivity (Wildman–Crippen MR) is 75.5 cm³/mol. The third-order valence-corrected chi connectivity index (χ3v) is 3.15. The van der Waals surface area contributed by atoms with Crippen molar-refractivity contribution >= 4 is 22.3 Å². The first-order chi connectivity index (χ1) is 10.8. The second-order valence-corrected chi connectivity index (χ2v) is 4.76. The third kappa shape index (κ3) is 3.01. The van der Waals surface area contributed by atoms with Crippen LogP contribution in [0, 0.1) is 5.82 Å². The Morgan fingerprint density at radius 2 is 1.78 bits per heavy atom. The lowest BCUT2D eigenvalue weighted by Gasteiger charge is -2.05. The van der Waals surface area contributed by atoms with Gasteiger partial charge in [0.25, 0.3) is 0 Å². The first kappa shape index (κ1) is 15.0. The van der Waals surface area contributed by atoms with E-state index in [0.29, 0.717) is 5.52 Å². The maximum absolute atomic E-state index is 13.3. The van der Waals surface area contributed by atoms with E-state index in [2.05, 4.69) is 15.2 Å². The number of hydrogen-bond acceptors (Lipinski definition) is 3. The fraction of sp³-hybridized carbons (Fsp3) is 0.0667. The van der Waals surface area contributed by atoms with Gasteiger partial charge in [-0.2, -0.15) is 18.3 Å². The molecule has 0 radical (unpaired) electrons. The lowest BCUT2D eigenvalue weighted by atomic mass is 10.2. The molecule has 2 N–H and O–H groups in total. The Hall–Kier alpha value is -2.90. The second-order valence-electron chi connectivity index (χ2n) is 4.76. The predicted octanol–water partition coefficient (Wildman–Crippen LogP) is 5.45. The van der Waals surface area contributed by atoms with Crippen LogP contribution in [0.25, 0.3) is 10.9 Å². The molecule has 0 aliphatic heterocycles. The minimum Gasteiger partial charge on any atom is -0.493 e. The highest BCUT2D eigenvalue weighted by molar-refractivity contribution is 5.94. The van der Waals surface area contributed by atoms with Crippen molar-refractivity contribution in [2.24, 2.45) is 10.2 Å². The molecule has 0 fully saturated rings. The van der Waals surface area contributed by atoms with Crippen LogP contribution in [-0.2, 0) is 6.18 Å². The highest BCUT2D eigenvalue weighted by Gasteiger charge is 2.30. The molecule has 0 saturated carbocycles. The molecule has 23 heavy (non-hydrogen) atoms. The minimum absolute atomic E-state index is 0.0371. The Bertz CT molecular complexity index is 899. The number of fused-ring (bicyclic) bond motifs is 1. The van der Waals surface area contributed by atoms with Crippen LogP contribution in [0.15, 0.2) is 52.7 Å². The van der Waals surface area contributed by atoms with Gasteiger partial charge < -0.3 is 10.1 Å². The summed E-state index contributed by atoms with van der Waals surface area (Å²) in [5, 5.41) is 17.5. The van der Waals surface area contributed by atoms with Crippen LogP contribution < -0.4 is 0 Å². The van der Waals surface area contributed by atoms with Gasteiger partial charge in [-0.1, -0.05) is 6.07 Å². The largest absolute Gasteiger partial charge is 0.493 e. The Morgan fingerprint density at radius 1 is 1.00 bits per heavy atom. The smallest absolute Gasteiger partial charge is 0.416 e. The maximum Gasteiger partial charge on any atom is 0.416 e. The molecular formula is C15H9F4N3O. The Morgan fingerprint density at radius 3 is 2.52 bits per heavy atom. The zero-order valence-electron chi connectivity index (χ0n) is 11.4. The molecule has 3 aromatic rings. The van der Waals surface area contributed by atoms with E-state index in [1.807, 2.05) is 0 Å². The van der Waals surface area contributed by atoms with Crippen LogP contribution in [0.4, 0.5) is 28.9 Å². The van der Waals surface area contributed by atoms with Crippen molar-refractivity contribution in [3.63, 3.8) is 0 Å². The van der Waals surface area contributed by atoms with Gasteiger partial charge in [0.2, 0.25) is 5.88 Å². The molecule has 2 aromatic carbocycles. The molecule has 1 aromatic heterocycles. The number of H-pyrrole nitrogens is 1. The van der Waals surface area contributed by atoms with Crippen LogP contribution in [0.2, 0.25) is 0 Å². The number of aromatic amines is 1. The third-order valence-electron chi connectivity index (χ3n) is 3.15. The summed E-state index contributed by atoms with van der Waals surface area (Å²) in [4.78, 5) is 2.58. The summed E-state index contributed by atoms with van der Waals surface area (Å²) in [7, 11) is 0. The number of benzene rings is 2. The van der Waals surface area contributed by atoms with Gasteiger partial charge >= 0.3 is 6.18 Å². The normalized spacial score (nSPS) is 12.3. The quantitative estimate of drug-likeness (QED) is 0.478. The number of alkyl halides is 3. The highest BCUT2D eigenvalue weighted by atomic mass is 19.4. The van der Waals surface area contributed by atoms with Gasteiger partial charge in [0.1, 0.15) is 5.82 Å². The van der Waals surface area contributed by atoms with Crippen LogP contribution >= 0.6 is 0 Å². The molecule has 0 spiro atoms. The summed E-state index contributed by atoms with van der Waals surface area (Å²) in [5.74, 6) is -0.881. The van der Waals surface area contributed by atoms with Crippen molar-refractivity contribution in [2.45, 2.75) is 6.18 Å². The molecule has 8 heteroatoms. The summed E-state index contributed by atoms with van der Waals surface area (Å²) in [6.45, 7) is 0. The van der Waals surface area contributed by atoms with Gasteiger partial charge in [-0.25, -0.2) is 4.39 Å². The van der Waals surface area contributed by atoms with E-state index in [9.17, 15) is 22.7 Å². The van der Waals surface area contributed by atoms with E-state index in [1.165, 1.54) is 24.3 Å². The van der Waals surface area contributed by atoms with Gasteiger partial charge in [0.15, 0.2) is 5.69 Å². The number of nitrogens with one attached hydrogen (secondary N) is 1. The maximum atomic E-state index is 13.3. The summed E-state index contributed by atoms with van der Waals surface area (Å²) in [6, 6.07) is 8.04. The van der Waals surface area contributed by atoms with E-state index >= 15 is 0 Å². The zero-order chi connectivity index (χ0) is 16.6. The Kier molecular flexibility index (Phi) is 3.51. The van der Waals surface area contributed by atoms with Crippen molar-refractivity contribution < 1.29 is 22.7 Å². The fourth-order valence-corrected chi connectivity index (χ4v) is 2.09. The molecule has 0 saturated heterocycles. The molecule has 0 aliphatic rings. The van der Waals surface area contributed by atoms with Gasteiger partial charge in [0.05, 0.1) is 16.8 Å². The van der Waals surface area contributed by atoms with Gasteiger partial charge in [-0.15, -0.1) is 5.11 Å². The molecular weight excluding hydrogens is 314 g/mol.